The van der Waals surface area contributed by atoms with E-state index in [1.54, 1.807) is 30.5 Å². The summed E-state index contributed by atoms with van der Waals surface area (Å²) in [7, 11) is 0. The van der Waals surface area contributed by atoms with Gasteiger partial charge in [-0.15, -0.1) is 0 Å². The van der Waals surface area contributed by atoms with Crippen molar-refractivity contribution in [3.05, 3.63) is 88.7 Å². The molecule has 0 fully saturated rings. The van der Waals surface area contributed by atoms with E-state index in [0.717, 1.165) is 16.8 Å². The Morgan fingerprint density at radius 3 is 2.75 bits per heavy atom. The fourth-order valence-corrected chi connectivity index (χ4v) is 3.75. The van der Waals surface area contributed by atoms with Gasteiger partial charge in [0.15, 0.2) is 0 Å². The fraction of sp³-hybridized carbons (Fsp3) is 0.208. The second-order valence-corrected chi connectivity index (χ2v) is 8.07. The number of anilines is 1. The summed E-state index contributed by atoms with van der Waals surface area (Å²) in [6.07, 6.45) is 3.64. The Morgan fingerprint density at radius 2 is 2.00 bits per heavy atom. The van der Waals surface area contributed by atoms with Crippen LogP contribution in [0.3, 0.4) is 0 Å². The van der Waals surface area contributed by atoms with Crippen molar-refractivity contribution in [1.29, 1.82) is 0 Å². The van der Waals surface area contributed by atoms with Gasteiger partial charge >= 0.3 is 0 Å². The van der Waals surface area contributed by atoms with Crippen molar-refractivity contribution < 1.29 is 9.90 Å². The molecule has 1 aliphatic heterocycles. The molecule has 4 N–H and O–H groups in total. The first-order valence-corrected chi connectivity index (χ1v) is 10.7. The van der Waals surface area contributed by atoms with Crippen LogP contribution in [0.5, 0.6) is 0 Å². The SMILES string of the molecule is CC1C=NC(Nc2ccccc2)=NC1c1c[nH]c(C(=O)N[C@H](CO)c2cccc(Cl)c2)c1. The number of guanidine groups is 1. The summed E-state index contributed by atoms with van der Waals surface area (Å²) in [5.74, 6) is 0.270. The molecule has 1 aromatic heterocycles. The van der Waals surface area contributed by atoms with Crippen LogP contribution < -0.4 is 10.6 Å². The number of carbonyl (C=O) groups excluding carboxylic acids is 1. The van der Waals surface area contributed by atoms with E-state index in [9.17, 15) is 9.90 Å². The molecule has 8 heteroatoms. The number of aliphatic hydroxyl groups excluding tert-OH is 1. The maximum atomic E-state index is 12.8. The Hall–Kier alpha value is -3.42. The number of hydrogen-bond acceptors (Lipinski definition) is 5. The molecule has 2 aromatic carbocycles. The first-order chi connectivity index (χ1) is 15.5. The summed E-state index contributed by atoms with van der Waals surface area (Å²) in [4.78, 5) is 25.0. The number of para-hydroxylation sites is 1. The molecule has 7 nitrogen and oxygen atoms in total. The number of aromatic amines is 1. The third kappa shape index (κ3) is 5.07. The van der Waals surface area contributed by atoms with Gasteiger partial charge in [-0.2, -0.15) is 0 Å². The number of aliphatic hydroxyl groups is 1. The molecule has 164 valence electrons. The average molecular weight is 450 g/mol. The van der Waals surface area contributed by atoms with E-state index in [0.29, 0.717) is 16.7 Å². The van der Waals surface area contributed by atoms with Gasteiger partial charge in [-0.1, -0.05) is 48.9 Å². The molecule has 0 aliphatic carbocycles. The van der Waals surface area contributed by atoms with Crippen molar-refractivity contribution >= 4 is 35.4 Å². The van der Waals surface area contributed by atoms with E-state index in [4.69, 9.17) is 16.6 Å². The first kappa shape index (κ1) is 21.8. The first-order valence-electron chi connectivity index (χ1n) is 10.3. The van der Waals surface area contributed by atoms with Crippen LogP contribution in [0, 0.1) is 5.92 Å². The monoisotopic (exact) mass is 449 g/mol. The minimum absolute atomic E-state index is 0.0692. The van der Waals surface area contributed by atoms with Crippen molar-refractivity contribution in [3.8, 4) is 0 Å². The molecule has 3 atom stereocenters. The number of halogens is 1. The highest BCUT2D eigenvalue weighted by Crippen LogP contribution is 2.29. The van der Waals surface area contributed by atoms with Crippen molar-refractivity contribution in [2.75, 3.05) is 11.9 Å². The van der Waals surface area contributed by atoms with Crippen molar-refractivity contribution in [3.63, 3.8) is 0 Å². The van der Waals surface area contributed by atoms with Crippen LogP contribution in [0.1, 0.15) is 40.6 Å². The molecule has 0 spiro atoms. The Bertz CT molecular complexity index is 1140. The summed E-state index contributed by atoms with van der Waals surface area (Å²) < 4.78 is 0. The molecule has 0 radical (unpaired) electrons. The summed E-state index contributed by atoms with van der Waals surface area (Å²) in [5, 5.41) is 16.4. The van der Waals surface area contributed by atoms with E-state index in [-0.39, 0.29) is 24.5 Å². The smallest absolute Gasteiger partial charge is 0.268 e. The van der Waals surface area contributed by atoms with Crippen LogP contribution >= 0.6 is 11.6 Å². The number of nitrogens with one attached hydrogen (secondary N) is 3. The number of benzene rings is 2. The fourth-order valence-electron chi connectivity index (χ4n) is 3.55. The van der Waals surface area contributed by atoms with Crippen LogP contribution in [0.2, 0.25) is 5.02 Å². The number of amides is 1. The number of carbonyl (C=O) groups is 1. The molecular weight excluding hydrogens is 426 g/mol. The van der Waals surface area contributed by atoms with Crippen LogP contribution in [-0.4, -0.2) is 34.8 Å². The lowest BCUT2D eigenvalue weighted by Crippen LogP contribution is -2.31. The maximum absolute atomic E-state index is 12.8. The molecule has 0 bridgehead atoms. The van der Waals surface area contributed by atoms with Gasteiger partial charge in [0.25, 0.3) is 5.91 Å². The van der Waals surface area contributed by atoms with Gasteiger partial charge in [-0.3, -0.25) is 4.79 Å². The Morgan fingerprint density at radius 1 is 1.19 bits per heavy atom. The lowest BCUT2D eigenvalue weighted by molar-refractivity contribution is 0.0911. The molecule has 2 heterocycles. The molecule has 4 rings (SSSR count). The van der Waals surface area contributed by atoms with Gasteiger partial charge in [0.05, 0.1) is 18.7 Å². The predicted molar refractivity (Wildman–Crippen MR) is 127 cm³/mol. The molecular formula is C24H24ClN5O2. The van der Waals surface area contributed by atoms with E-state index in [1.165, 1.54) is 0 Å². The Kier molecular flexibility index (Phi) is 6.68. The van der Waals surface area contributed by atoms with Gasteiger partial charge in [0, 0.05) is 29.0 Å². The minimum atomic E-state index is -0.562. The van der Waals surface area contributed by atoms with Crippen molar-refractivity contribution in [1.82, 2.24) is 10.3 Å². The Balaban J connectivity index is 1.48. The lowest BCUT2D eigenvalue weighted by Gasteiger charge is -2.21. The Labute approximate surface area is 191 Å². The number of aliphatic imine (C=N–C) groups is 2. The molecule has 0 saturated carbocycles. The highest BCUT2D eigenvalue weighted by Gasteiger charge is 2.24. The van der Waals surface area contributed by atoms with E-state index in [2.05, 4.69) is 20.6 Å². The third-order valence-corrected chi connectivity index (χ3v) is 5.49. The highest BCUT2D eigenvalue weighted by molar-refractivity contribution is 6.30. The number of H-pyrrole nitrogens is 1. The standard InChI is InChI=1S/C24H24ClN5O2/c1-15-12-27-24(28-19-8-3-2-4-9-19)30-22(15)17-11-20(26-13-17)23(32)29-21(14-31)16-6-5-7-18(25)10-16/h2-13,15,21-22,26,31H,14H2,1H3,(H,28,30)(H,29,32)/t15?,21-,22?/m1/s1. The summed E-state index contributed by atoms with van der Waals surface area (Å²) in [5.41, 5.74) is 2.91. The van der Waals surface area contributed by atoms with E-state index in [1.807, 2.05) is 49.5 Å². The number of nitrogens with zero attached hydrogens (tertiary/aromatic N) is 2. The normalized spacial score (nSPS) is 18.7. The third-order valence-electron chi connectivity index (χ3n) is 5.25. The summed E-state index contributed by atoms with van der Waals surface area (Å²) in [6.45, 7) is 1.79. The molecule has 1 aliphatic rings. The molecule has 1 amide bonds. The lowest BCUT2D eigenvalue weighted by atomic mass is 9.97. The largest absolute Gasteiger partial charge is 0.394 e. The van der Waals surface area contributed by atoms with Gasteiger partial charge in [-0.25, -0.2) is 9.98 Å². The van der Waals surface area contributed by atoms with Gasteiger partial charge in [0.2, 0.25) is 5.96 Å². The molecule has 0 saturated heterocycles. The number of hydrogen-bond donors (Lipinski definition) is 4. The molecule has 32 heavy (non-hydrogen) atoms. The van der Waals surface area contributed by atoms with Gasteiger partial charge in [0.1, 0.15) is 5.69 Å². The van der Waals surface area contributed by atoms with Crippen molar-refractivity contribution in [2.45, 2.75) is 19.0 Å². The number of aromatic nitrogens is 1. The zero-order chi connectivity index (χ0) is 22.5. The topological polar surface area (TPSA) is 102 Å². The van der Waals surface area contributed by atoms with Crippen LogP contribution in [0.25, 0.3) is 0 Å². The van der Waals surface area contributed by atoms with Crippen LogP contribution in [0.4, 0.5) is 5.69 Å². The summed E-state index contributed by atoms with van der Waals surface area (Å²) in [6, 6.07) is 17.8. The van der Waals surface area contributed by atoms with Crippen molar-refractivity contribution in [2.24, 2.45) is 15.9 Å². The van der Waals surface area contributed by atoms with E-state index < -0.39 is 6.04 Å². The molecule has 2 unspecified atom stereocenters. The van der Waals surface area contributed by atoms with Gasteiger partial charge < -0.3 is 20.7 Å². The summed E-state index contributed by atoms with van der Waals surface area (Å²) >= 11 is 6.04. The minimum Gasteiger partial charge on any atom is -0.394 e. The maximum Gasteiger partial charge on any atom is 0.268 e. The van der Waals surface area contributed by atoms with E-state index >= 15 is 0 Å². The number of rotatable bonds is 6. The zero-order valence-corrected chi connectivity index (χ0v) is 18.3. The highest BCUT2D eigenvalue weighted by atomic mass is 35.5. The second-order valence-electron chi connectivity index (χ2n) is 7.64. The second kappa shape index (κ2) is 9.80. The van der Waals surface area contributed by atoms with Crippen LogP contribution in [-0.2, 0) is 0 Å². The zero-order valence-electron chi connectivity index (χ0n) is 17.5. The average Bonchev–Trinajstić information content (AvgIpc) is 3.29. The quantitative estimate of drug-likeness (QED) is 0.449. The predicted octanol–water partition coefficient (Wildman–Crippen LogP) is 4.36. The van der Waals surface area contributed by atoms with Gasteiger partial charge in [-0.05, 0) is 41.5 Å². The van der Waals surface area contributed by atoms with Crippen LogP contribution in [0.15, 0.2) is 76.8 Å². The molecule has 3 aromatic rings.